The lowest BCUT2D eigenvalue weighted by molar-refractivity contribution is 0.0664. The Hall–Kier alpha value is -0.0800. The predicted octanol–water partition coefficient (Wildman–Crippen LogP) is 0.903. The highest BCUT2D eigenvalue weighted by atomic mass is 16.5. The Bertz CT molecular complexity index is 77.0. The summed E-state index contributed by atoms with van der Waals surface area (Å²) >= 11 is 0. The topological polar surface area (TPSA) is 35.2 Å². The molecule has 54 valence electrons. The largest absolute Gasteiger partial charge is 0.381 e. The molecule has 1 aliphatic rings. The standard InChI is InChI=1S/C7H15NO/c1-9-7-4-2-6(8)3-5-7/h6-7H,2-5,8H2,1H3/t6-,7+. The Morgan fingerprint density at radius 1 is 1.22 bits per heavy atom. The van der Waals surface area contributed by atoms with Crippen LogP contribution in [-0.2, 0) is 4.74 Å². The van der Waals surface area contributed by atoms with Crippen molar-refractivity contribution >= 4 is 0 Å². The summed E-state index contributed by atoms with van der Waals surface area (Å²) in [6, 6.07) is 0.441. The second kappa shape index (κ2) is 3.18. The van der Waals surface area contributed by atoms with Gasteiger partial charge in [0, 0.05) is 13.2 Å². The highest BCUT2D eigenvalue weighted by molar-refractivity contribution is 4.73. The Kier molecular flexibility index (Phi) is 2.49. The third-order valence-electron chi connectivity index (χ3n) is 2.05. The summed E-state index contributed by atoms with van der Waals surface area (Å²) in [7, 11) is 1.78. The predicted molar refractivity (Wildman–Crippen MR) is 37.2 cm³/mol. The van der Waals surface area contributed by atoms with E-state index >= 15 is 0 Å². The minimum atomic E-state index is 0.441. The summed E-state index contributed by atoms with van der Waals surface area (Å²) in [5.41, 5.74) is 5.70. The molecular formula is C7H15NO. The van der Waals surface area contributed by atoms with Gasteiger partial charge in [-0.2, -0.15) is 0 Å². The first-order chi connectivity index (χ1) is 4.33. The van der Waals surface area contributed by atoms with Gasteiger partial charge in [0.1, 0.15) is 0 Å². The fourth-order valence-corrected chi connectivity index (χ4v) is 1.32. The van der Waals surface area contributed by atoms with Crippen molar-refractivity contribution in [3.63, 3.8) is 0 Å². The fraction of sp³-hybridized carbons (Fsp3) is 1.00. The van der Waals surface area contributed by atoms with E-state index in [4.69, 9.17) is 10.5 Å². The summed E-state index contributed by atoms with van der Waals surface area (Å²) in [4.78, 5) is 0. The van der Waals surface area contributed by atoms with Gasteiger partial charge in [-0.1, -0.05) is 0 Å². The van der Waals surface area contributed by atoms with Crippen molar-refractivity contribution in [1.82, 2.24) is 0 Å². The number of nitrogens with two attached hydrogens (primary N) is 1. The second-order valence-electron chi connectivity index (χ2n) is 2.77. The first kappa shape index (κ1) is 7.03. The first-order valence-corrected chi connectivity index (χ1v) is 3.61. The molecule has 2 N–H and O–H groups in total. The van der Waals surface area contributed by atoms with Gasteiger partial charge in [-0.05, 0) is 25.7 Å². The molecule has 0 aromatic carbocycles. The van der Waals surface area contributed by atoms with E-state index in [9.17, 15) is 0 Å². The lowest BCUT2D eigenvalue weighted by atomic mass is 9.94. The molecule has 1 saturated carbocycles. The van der Waals surface area contributed by atoms with Crippen molar-refractivity contribution in [2.24, 2.45) is 5.73 Å². The Morgan fingerprint density at radius 3 is 2.22 bits per heavy atom. The zero-order chi connectivity index (χ0) is 6.69. The van der Waals surface area contributed by atoms with Gasteiger partial charge in [-0.3, -0.25) is 0 Å². The molecule has 0 unspecified atom stereocenters. The minimum Gasteiger partial charge on any atom is -0.381 e. The van der Waals surface area contributed by atoms with E-state index in [1.807, 2.05) is 0 Å². The third-order valence-corrected chi connectivity index (χ3v) is 2.05. The van der Waals surface area contributed by atoms with Crippen LogP contribution in [0.1, 0.15) is 25.7 Å². The molecule has 0 aromatic rings. The van der Waals surface area contributed by atoms with Crippen molar-refractivity contribution in [2.75, 3.05) is 7.11 Å². The van der Waals surface area contributed by atoms with Crippen molar-refractivity contribution in [3.05, 3.63) is 0 Å². The van der Waals surface area contributed by atoms with E-state index in [2.05, 4.69) is 0 Å². The molecule has 0 atom stereocenters. The molecule has 9 heavy (non-hydrogen) atoms. The molecule has 2 heteroatoms. The average Bonchev–Trinajstić information content (AvgIpc) is 1.90. The van der Waals surface area contributed by atoms with Crippen LogP contribution in [0.25, 0.3) is 0 Å². The maximum atomic E-state index is 5.70. The Morgan fingerprint density at radius 2 is 1.78 bits per heavy atom. The van der Waals surface area contributed by atoms with E-state index in [0.717, 1.165) is 25.7 Å². The van der Waals surface area contributed by atoms with Gasteiger partial charge < -0.3 is 10.5 Å². The number of ether oxygens (including phenoxy) is 1. The van der Waals surface area contributed by atoms with Crippen molar-refractivity contribution < 1.29 is 4.74 Å². The molecule has 0 saturated heterocycles. The van der Waals surface area contributed by atoms with E-state index in [1.54, 1.807) is 7.11 Å². The van der Waals surface area contributed by atoms with Crippen LogP contribution in [0.5, 0.6) is 0 Å². The molecular weight excluding hydrogens is 114 g/mol. The average molecular weight is 129 g/mol. The third kappa shape index (κ3) is 1.95. The summed E-state index contributed by atoms with van der Waals surface area (Å²) < 4.78 is 5.18. The SMILES string of the molecule is CO[C@H]1CC[C@@H](N)CC1. The van der Waals surface area contributed by atoms with Gasteiger partial charge in [-0.15, -0.1) is 0 Å². The van der Waals surface area contributed by atoms with E-state index < -0.39 is 0 Å². The van der Waals surface area contributed by atoms with E-state index in [-0.39, 0.29) is 0 Å². The molecule has 1 rings (SSSR count). The highest BCUT2D eigenvalue weighted by Crippen LogP contribution is 2.18. The lowest BCUT2D eigenvalue weighted by Crippen LogP contribution is -2.29. The van der Waals surface area contributed by atoms with E-state index in [1.165, 1.54) is 0 Å². The van der Waals surface area contributed by atoms with Gasteiger partial charge in [-0.25, -0.2) is 0 Å². The fourth-order valence-electron chi connectivity index (χ4n) is 1.32. The molecule has 0 heterocycles. The molecule has 0 aliphatic heterocycles. The Labute approximate surface area is 56.4 Å². The van der Waals surface area contributed by atoms with Crippen LogP contribution >= 0.6 is 0 Å². The number of hydrogen-bond donors (Lipinski definition) is 1. The number of rotatable bonds is 1. The molecule has 0 bridgehead atoms. The van der Waals surface area contributed by atoms with Crippen molar-refractivity contribution in [2.45, 2.75) is 37.8 Å². The van der Waals surface area contributed by atoms with Crippen LogP contribution in [0.4, 0.5) is 0 Å². The molecule has 1 aliphatic carbocycles. The van der Waals surface area contributed by atoms with Crippen LogP contribution in [0, 0.1) is 0 Å². The van der Waals surface area contributed by atoms with Crippen LogP contribution in [0.15, 0.2) is 0 Å². The summed E-state index contributed by atoms with van der Waals surface area (Å²) in [6.07, 6.45) is 5.07. The maximum Gasteiger partial charge on any atom is 0.0572 e. The summed E-state index contributed by atoms with van der Waals surface area (Å²) in [5.74, 6) is 0. The van der Waals surface area contributed by atoms with Crippen molar-refractivity contribution in [1.29, 1.82) is 0 Å². The number of hydrogen-bond acceptors (Lipinski definition) is 2. The zero-order valence-corrected chi connectivity index (χ0v) is 5.97. The highest BCUT2D eigenvalue weighted by Gasteiger charge is 2.16. The summed E-state index contributed by atoms with van der Waals surface area (Å²) in [5, 5.41) is 0. The van der Waals surface area contributed by atoms with Gasteiger partial charge in [0.2, 0.25) is 0 Å². The maximum absolute atomic E-state index is 5.70. The monoisotopic (exact) mass is 129 g/mol. The van der Waals surface area contributed by atoms with Crippen LogP contribution in [0.2, 0.25) is 0 Å². The van der Waals surface area contributed by atoms with Crippen LogP contribution in [-0.4, -0.2) is 19.3 Å². The quantitative estimate of drug-likeness (QED) is 0.571. The smallest absolute Gasteiger partial charge is 0.0572 e. The molecule has 0 radical (unpaired) electrons. The molecule has 1 fully saturated rings. The Balaban J connectivity index is 2.18. The lowest BCUT2D eigenvalue weighted by Gasteiger charge is -2.24. The molecule has 0 aromatic heterocycles. The van der Waals surface area contributed by atoms with Gasteiger partial charge in [0.15, 0.2) is 0 Å². The molecule has 2 nitrogen and oxygen atoms in total. The van der Waals surface area contributed by atoms with Gasteiger partial charge in [0.05, 0.1) is 6.10 Å². The van der Waals surface area contributed by atoms with E-state index in [0.29, 0.717) is 12.1 Å². The van der Waals surface area contributed by atoms with Gasteiger partial charge >= 0.3 is 0 Å². The van der Waals surface area contributed by atoms with Gasteiger partial charge in [0.25, 0.3) is 0 Å². The first-order valence-electron chi connectivity index (χ1n) is 3.61. The molecule has 0 amide bonds. The zero-order valence-electron chi connectivity index (χ0n) is 5.97. The minimum absolute atomic E-state index is 0.441. The number of methoxy groups -OCH3 is 1. The summed E-state index contributed by atoms with van der Waals surface area (Å²) in [6.45, 7) is 0. The second-order valence-corrected chi connectivity index (χ2v) is 2.77. The van der Waals surface area contributed by atoms with Crippen molar-refractivity contribution in [3.8, 4) is 0 Å². The van der Waals surface area contributed by atoms with Crippen LogP contribution < -0.4 is 5.73 Å². The normalized spacial score (nSPS) is 36.7. The molecule has 0 spiro atoms. The van der Waals surface area contributed by atoms with Crippen LogP contribution in [0.3, 0.4) is 0 Å².